The van der Waals surface area contributed by atoms with Gasteiger partial charge in [0.1, 0.15) is 12.1 Å². The average molecular weight is 373 g/mol. The van der Waals surface area contributed by atoms with Crippen molar-refractivity contribution in [3.05, 3.63) is 54.1 Å². The second-order valence-electron chi connectivity index (χ2n) is 6.20. The molecule has 1 aromatic heterocycles. The lowest BCUT2D eigenvalue weighted by Crippen LogP contribution is -2.55. The van der Waals surface area contributed by atoms with E-state index in [-0.39, 0.29) is 12.8 Å². The van der Waals surface area contributed by atoms with Gasteiger partial charge in [-0.1, -0.05) is 30.3 Å². The van der Waals surface area contributed by atoms with Crippen molar-refractivity contribution in [2.45, 2.75) is 37.9 Å². The molecule has 0 radical (unpaired) electrons. The predicted molar refractivity (Wildman–Crippen MR) is 97.6 cm³/mol. The van der Waals surface area contributed by atoms with Crippen LogP contribution in [0.3, 0.4) is 0 Å². The molecule has 1 heterocycles. The number of nitrogens with one attached hydrogen (secondary N) is 3. The Kier molecular flexibility index (Phi) is 7.07. The standard InChI is InChI=1S/C18H23N5O4/c1-11(19)16(24)22-14(8-13-9-20-10-21-13)17(25)23-15(18(26)27)7-12-5-3-2-4-6-12/h2-6,9-11,14-15H,7-8,19H2,1H3,(H,20,21)(H,22,24)(H,23,25)(H,26,27)/t11-,14-,15-/m0/s1. The highest BCUT2D eigenvalue weighted by Gasteiger charge is 2.28. The molecule has 0 bridgehead atoms. The molecule has 9 nitrogen and oxygen atoms in total. The van der Waals surface area contributed by atoms with Gasteiger partial charge >= 0.3 is 5.97 Å². The number of aliphatic carboxylic acids is 1. The van der Waals surface area contributed by atoms with E-state index in [9.17, 15) is 19.5 Å². The summed E-state index contributed by atoms with van der Waals surface area (Å²) in [5.41, 5.74) is 6.87. The van der Waals surface area contributed by atoms with Crippen LogP contribution in [0, 0.1) is 0 Å². The molecule has 0 aliphatic heterocycles. The van der Waals surface area contributed by atoms with Crippen LogP contribution in [0.2, 0.25) is 0 Å². The first-order valence-corrected chi connectivity index (χ1v) is 8.47. The molecule has 0 fully saturated rings. The minimum absolute atomic E-state index is 0.103. The van der Waals surface area contributed by atoms with E-state index in [1.54, 1.807) is 30.5 Å². The van der Waals surface area contributed by atoms with Crippen molar-refractivity contribution >= 4 is 17.8 Å². The maximum Gasteiger partial charge on any atom is 0.326 e. The number of hydrogen-bond donors (Lipinski definition) is 5. The zero-order valence-electron chi connectivity index (χ0n) is 14.9. The highest BCUT2D eigenvalue weighted by atomic mass is 16.4. The third-order valence-electron chi connectivity index (χ3n) is 3.91. The Bertz CT molecular complexity index is 761. The lowest BCUT2D eigenvalue weighted by Gasteiger charge is -2.22. The van der Waals surface area contributed by atoms with Crippen LogP contribution < -0.4 is 16.4 Å². The number of amides is 2. The number of benzene rings is 1. The molecule has 0 saturated heterocycles. The number of aromatic nitrogens is 2. The number of imidazole rings is 1. The summed E-state index contributed by atoms with van der Waals surface area (Å²) in [6.07, 6.45) is 3.27. The molecule has 2 aromatic rings. The molecule has 0 aliphatic carbocycles. The molecule has 6 N–H and O–H groups in total. The Morgan fingerprint density at radius 1 is 1.11 bits per heavy atom. The van der Waals surface area contributed by atoms with E-state index in [0.29, 0.717) is 5.69 Å². The maximum atomic E-state index is 12.7. The number of carbonyl (C=O) groups is 3. The third-order valence-corrected chi connectivity index (χ3v) is 3.91. The van der Waals surface area contributed by atoms with Gasteiger partial charge in [0.15, 0.2) is 0 Å². The summed E-state index contributed by atoms with van der Waals surface area (Å²) in [5, 5.41) is 14.5. The molecular weight excluding hydrogens is 350 g/mol. The number of carbonyl (C=O) groups excluding carboxylic acids is 2. The fourth-order valence-electron chi connectivity index (χ4n) is 2.45. The largest absolute Gasteiger partial charge is 0.480 e. The molecule has 0 aliphatic rings. The molecule has 0 unspecified atom stereocenters. The molecule has 0 spiro atoms. The zero-order valence-corrected chi connectivity index (χ0v) is 14.9. The summed E-state index contributed by atoms with van der Waals surface area (Å²) in [4.78, 5) is 43.0. The summed E-state index contributed by atoms with van der Waals surface area (Å²) in [6, 6.07) is 6.03. The normalized spacial score (nSPS) is 14.0. The van der Waals surface area contributed by atoms with E-state index in [4.69, 9.17) is 5.73 Å². The summed E-state index contributed by atoms with van der Waals surface area (Å²) in [5.74, 6) is -2.29. The van der Waals surface area contributed by atoms with Gasteiger partial charge in [-0.25, -0.2) is 9.78 Å². The Morgan fingerprint density at radius 3 is 2.33 bits per heavy atom. The number of nitrogens with zero attached hydrogens (tertiary/aromatic N) is 1. The van der Waals surface area contributed by atoms with E-state index >= 15 is 0 Å². The zero-order chi connectivity index (χ0) is 19.8. The van der Waals surface area contributed by atoms with Crippen molar-refractivity contribution in [1.82, 2.24) is 20.6 Å². The van der Waals surface area contributed by atoms with Gasteiger partial charge < -0.3 is 26.5 Å². The fraction of sp³-hybridized carbons (Fsp3) is 0.333. The van der Waals surface area contributed by atoms with Crippen LogP contribution in [-0.2, 0) is 27.2 Å². The van der Waals surface area contributed by atoms with Gasteiger partial charge in [-0.15, -0.1) is 0 Å². The van der Waals surface area contributed by atoms with Gasteiger partial charge in [-0.05, 0) is 12.5 Å². The van der Waals surface area contributed by atoms with Crippen LogP contribution in [0.1, 0.15) is 18.2 Å². The number of carboxylic acids is 1. The second kappa shape index (κ2) is 9.48. The molecule has 3 atom stereocenters. The average Bonchev–Trinajstić information content (AvgIpc) is 3.14. The summed E-state index contributed by atoms with van der Waals surface area (Å²) >= 11 is 0. The van der Waals surface area contributed by atoms with Crippen molar-refractivity contribution in [3.8, 4) is 0 Å². The van der Waals surface area contributed by atoms with Crippen LogP contribution in [0.5, 0.6) is 0 Å². The van der Waals surface area contributed by atoms with Gasteiger partial charge in [0.05, 0.1) is 18.1 Å². The van der Waals surface area contributed by atoms with Crippen molar-refractivity contribution in [1.29, 1.82) is 0 Å². The van der Waals surface area contributed by atoms with Crippen molar-refractivity contribution < 1.29 is 19.5 Å². The monoisotopic (exact) mass is 373 g/mol. The third kappa shape index (κ3) is 6.23. The van der Waals surface area contributed by atoms with Gasteiger partial charge in [0.25, 0.3) is 0 Å². The second-order valence-corrected chi connectivity index (χ2v) is 6.20. The molecule has 9 heteroatoms. The minimum atomic E-state index is -1.16. The van der Waals surface area contributed by atoms with Crippen LogP contribution >= 0.6 is 0 Å². The number of hydrogen-bond acceptors (Lipinski definition) is 5. The molecule has 144 valence electrons. The van der Waals surface area contributed by atoms with Crippen molar-refractivity contribution in [2.24, 2.45) is 5.73 Å². The van der Waals surface area contributed by atoms with Crippen LogP contribution in [-0.4, -0.2) is 51.0 Å². The first-order chi connectivity index (χ1) is 12.9. The number of H-pyrrole nitrogens is 1. The molecule has 2 amide bonds. The maximum absolute atomic E-state index is 12.7. The Labute approximate surface area is 156 Å². The van der Waals surface area contributed by atoms with E-state index in [2.05, 4.69) is 20.6 Å². The molecule has 0 saturated carbocycles. The Morgan fingerprint density at radius 2 is 1.78 bits per heavy atom. The predicted octanol–water partition coefficient (Wildman–Crippen LogP) is -0.404. The van der Waals surface area contributed by atoms with E-state index in [1.807, 2.05) is 6.07 Å². The lowest BCUT2D eigenvalue weighted by molar-refractivity contribution is -0.142. The van der Waals surface area contributed by atoms with Crippen LogP contribution in [0.4, 0.5) is 0 Å². The number of nitrogens with two attached hydrogens (primary N) is 1. The SMILES string of the molecule is C[C@H](N)C(=O)N[C@@H](Cc1c[nH]cn1)C(=O)N[C@@H](Cc1ccccc1)C(=O)O. The van der Waals surface area contributed by atoms with E-state index < -0.39 is 35.9 Å². The topological polar surface area (TPSA) is 150 Å². The van der Waals surface area contributed by atoms with Gasteiger partial charge in [-0.2, -0.15) is 0 Å². The number of rotatable bonds is 9. The lowest BCUT2D eigenvalue weighted by atomic mass is 10.0. The molecular formula is C18H23N5O4. The first-order valence-electron chi connectivity index (χ1n) is 8.47. The van der Waals surface area contributed by atoms with Gasteiger partial charge in [0.2, 0.25) is 11.8 Å². The molecule has 2 rings (SSSR count). The smallest absolute Gasteiger partial charge is 0.326 e. The summed E-state index contributed by atoms with van der Waals surface area (Å²) in [6.45, 7) is 1.49. The van der Waals surface area contributed by atoms with Crippen molar-refractivity contribution in [3.63, 3.8) is 0 Å². The number of carboxylic acid groups (broad SMARTS) is 1. The minimum Gasteiger partial charge on any atom is -0.480 e. The Hall–Kier alpha value is -3.20. The van der Waals surface area contributed by atoms with E-state index in [0.717, 1.165) is 5.56 Å². The van der Waals surface area contributed by atoms with Crippen molar-refractivity contribution in [2.75, 3.05) is 0 Å². The Balaban J connectivity index is 2.11. The first kappa shape index (κ1) is 20.1. The van der Waals surface area contributed by atoms with Gasteiger partial charge in [-0.3, -0.25) is 9.59 Å². The van der Waals surface area contributed by atoms with Gasteiger partial charge in [0, 0.05) is 19.0 Å². The van der Waals surface area contributed by atoms with Crippen LogP contribution in [0.15, 0.2) is 42.9 Å². The van der Waals surface area contributed by atoms with Crippen LogP contribution in [0.25, 0.3) is 0 Å². The highest BCUT2D eigenvalue weighted by Crippen LogP contribution is 2.05. The quantitative estimate of drug-likeness (QED) is 0.403. The molecule has 27 heavy (non-hydrogen) atoms. The number of aromatic amines is 1. The fourth-order valence-corrected chi connectivity index (χ4v) is 2.45. The molecule has 1 aromatic carbocycles. The summed E-state index contributed by atoms with van der Waals surface area (Å²) in [7, 11) is 0. The van der Waals surface area contributed by atoms with E-state index in [1.165, 1.54) is 13.3 Å². The summed E-state index contributed by atoms with van der Waals surface area (Å²) < 4.78 is 0. The highest BCUT2D eigenvalue weighted by molar-refractivity contribution is 5.91.